The summed E-state index contributed by atoms with van der Waals surface area (Å²) in [6.07, 6.45) is 14.7. The molecular weight excluding hydrogens is 390 g/mol. The first kappa shape index (κ1) is 21.4. The number of aliphatic hydroxyl groups excluding tert-OH is 1. The molecule has 3 nitrogen and oxygen atoms in total. The van der Waals surface area contributed by atoms with Crippen molar-refractivity contribution >= 4 is 11.3 Å². The summed E-state index contributed by atoms with van der Waals surface area (Å²) in [6.45, 7) is 7.30. The summed E-state index contributed by atoms with van der Waals surface area (Å²) < 4.78 is 0. The summed E-state index contributed by atoms with van der Waals surface area (Å²) in [6, 6.07) is 0. The third-order valence-electron chi connectivity index (χ3n) is 10.3. The lowest BCUT2D eigenvalue weighted by molar-refractivity contribution is -0.102. The van der Waals surface area contributed by atoms with Crippen molar-refractivity contribution in [2.45, 2.75) is 97.2 Å². The Balaban J connectivity index is 1.29. The molecule has 0 amide bonds. The van der Waals surface area contributed by atoms with E-state index in [0.717, 1.165) is 59.6 Å². The molecule has 2 N–H and O–H groups in total. The molecule has 168 valence electrons. The molecule has 4 heteroatoms. The van der Waals surface area contributed by atoms with Crippen molar-refractivity contribution in [1.82, 2.24) is 4.98 Å². The molecule has 5 rings (SSSR count). The summed E-state index contributed by atoms with van der Waals surface area (Å²) in [5.41, 5.74) is 0.0986. The molecule has 1 heterocycles. The van der Waals surface area contributed by atoms with Gasteiger partial charge in [0, 0.05) is 12.6 Å². The quantitative estimate of drug-likeness (QED) is 0.630. The van der Waals surface area contributed by atoms with Crippen LogP contribution in [0.3, 0.4) is 0 Å². The summed E-state index contributed by atoms with van der Waals surface area (Å²) in [5, 5.41) is 21.2. The second kappa shape index (κ2) is 7.85. The molecule has 0 aromatic carbocycles. The van der Waals surface area contributed by atoms with Crippen LogP contribution in [0.1, 0.15) is 88.4 Å². The number of thiazole rings is 1. The van der Waals surface area contributed by atoms with Gasteiger partial charge in [-0.2, -0.15) is 0 Å². The number of nitrogens with zero attached hydrogens (tertiary/aromatic N) is 1. The highest BCUT2D eigenvalue weighted by atomic mass is 32.1. The standard InChI is InChI=1S/C26H41NO2S/c1-16(12-24-27-14-18(15-28)30-24)22-6-7-23-21-5-4-17-13-25(2,29)10-8-19(17)20(21)9-11-26(22,23)3/h14,16-17,19-23,28-29H,4-13,15H2,1-3H3/t16-,17+,19-,20+,21+,22+,23-,25+,26+/m0/s1. The Labute approximate surface area is 186 Å². The second-order valence-electron chi connectivity index (χ2n) is 12.0. The monoisotopic (exact) mass is 431 g/mol. The van der Waals surface area contributed by atoms with Gasteiger partial charge < -0.3 is 10.2 Å². The predicted octanol–water partition coefficient (Wildman–Crippen LogP) is 5.83. The zero-order valence-electron chi connectivity index (χ0n) is 19.1. The lowest BCUT2D eigenvalue weighted by Crippen LogP contribution is -2.50. The molecule has 0 unspecified atom stereocenters. The van der Waals surface area contributed by atoms with Gasteiger partial charge in [0.25, 0.3) is 0 Å². The topological polar surface area (TPSA) is 53.4 Å². The number of hydrogen-bond donors (Lipinski definition) is 2. The van der Waals surface area contributed by atoms with Crippen LogP contribution in [-0.2, 0) is 13.0 Å². The van der Waals surface area contributed by atoms with Gasteiger partial charge in [-0.3, -0.25) is 0 Å². The van der Waals surface area contributed by atoms with Crippen molar-refractivity contribution in [1.29, 1.82) is 0 Å². The van der Waals surface area contributed by atoms with E-state index in [9.17, 15) is 10.2 Å². The average Bonchev–Trinajstić information content (AvgIpc) is 3.30. The van der Waals surface area contributed by atoms with Gasteiger partial charge >= 0.3 is 0 Å². The highest BCUT2D eigenvalue weighted by molar-refractivity contribution is 7.11. The van der Waals surface area contributed by atoms with Gasteiger partial charge in [0.05, 0.1) is 22.1 Å². The summed E-state index contributed by atoms with van der Waals surface area (Å²) >= 11 is 1.70. The Bertz CT molecular complexity index is 760. The molecule has 0 aliphatic heterocycles. The molecule has 4 aliphatic carbocycles. The van der Waals surface area contributed by atoms with Crippen LogP contribution >= 0.6 is 11.3 Å². The van der Waals surface area contributed by atoms with Crippen molar-refractivity contribution in [2.75, 3.05) is 0 Å². The number of hydrogen-bond acceptors (Lipinski definition) is 4. The fraction of sp³-hybridized carbons (Fsp3) is 0.885. The first-order valence-corrected chi connectivity index (χ1v) is 13.4. The number of fused-ring (bicyclic) bond motifs is 5. The molecule has 0 bridgehead atoms. The van der Waals surface area contributed by atoms with Gasteiger partial charge in [-0.05, 0) is 112 Å². The van der Waals surface area contributed by atoms with Gasteiger partial charge in [-0.25, -0.2) is 4.98 Å². The van der Waals surface area contributed by atoms with Crippen LogP contribution in [-0.4, -0.2) is 20.8 Å². The largest absolute Gasteiger partial charge is 0.391 e. The van der Waals surface area contributed by atoms with Crippen molar-refractivity contribution in [2.24, 2.45) is 46.8 Å². The van der Waals surface area contributed by atoms with Gasteiger partial charge in [0.15, 0.2) is 0 Å². The molecule has 30 heavy (non-hydrogen) atoms. The van der Waals surface area contributed by atoms with E-state index in [1.165, 1.54) is 50.0 Å². The molecule has 9 atom stereocenters. The van der Waals surface area contributed by atoms with Crippen LogP contribution in [0, 0.1) is 46.8 Å². The molecule has 0 saturated heterocycles. The zero-order chi connectivity index (χ0) is 21.1. The van der Waals surface area contributed by atoms with Crippen molar-refractivity contribution < 1.29 is 10.2 Å². The fourth-order valence-electron chi connectivity index (χ4n) is 8.99. The fourth-order valence-corrected chi connectivity index (χ4v) is 9.91. The Morgan fingerprint density at radius 1 is 1.07 bits per heavy atom. The average molecular weight is 432 g/mol. The van der Waals surface area contributed by atoms with Gasteiger partial charge in [0.2, 0.25) is 0 Å². The third-order valence-corrected chi connectivity index (χ3v) is 11.3. The van der Waals surface area contributed by atoms with E-state index < -0.39 is 5.60 Å². The van der Waals surface area contributed by atoms with Crippen LogP contribution in [0.2, 0.25) is 0 Å². The Morgan fingerprint density at radius 3 is 2.63 bits per heavy atom. The van der Waals surface area contributed by atoms with E-state index in [2.05, 4.69) is 25.8 Å². The second-order valence-corrected chi connectivity index (χ2v) is 13.2. The van der Waals surface area contributed by atoms with Gasteiger partial charge in [0.1, 0.15) is 0 Å². The minimum absolute atomic E-state index is 0.121. The normalized spacial score (nSPS) is 46.7. The van der Waals surface area contributed by atoms with Crippen molar-refractivity contribution in [3.05, 3.63) is 16.1 Å². The number of rotatable bonds is 4. The number of aromatic nitrogens is 1. The summed E-state index contributed by atoms with van der Waals surface area (Å²) in [5.74, 6) is 5.93. The molecular formula is C26H41NO2S. The molecule has 4 saturated carbocycles. The van der Waals surface area contributed by atoms with Gasteiger partial charge in [-0.1, -0.05) is 13.8 Å². The third kappa shape index (κ3) is 3.59. The highest BCUT2D eigenvalue weighted by Gasteiger charge is 2.58. The van der Waals surface area contributed by atoms with Crippen molar-refractivity contribution in [3.8, 4) is 0 Å². The minimum atomic E-state index is -0.406. The molecule has 1 aromatic rings. The lowest BCUT2D eigenvalue weighted by atomic mass is 9.48. The van der Waals surface area contributed by atoms with Crippen LogP contribution in [0.4, 0.5) is 0 Å². The van der Waals surface area contributed by atoms with Gasteiger partial charge in [-0.15, -0.1) is 11.3 Å². The van der Waals surface area contributed by atoms with E-state index in [0.29, 0.717) is 11.3 Å². The van der Waals surface area contributed by atoms with E-state index in [-0.39, 0.29) is 6.61 Å². The minimum Gasteiger partial charge on any atom is -0.391 e. The smallest absolute Gasteiger partial charge is 0.0931 e. The molecule has 4 fully saturated rings. The Kier molecular flexibility index (Phi) is 5.60. The molecule has 4 aliphatic rings. The van der Waals surface area contributed by atoms with Crippen molar-refractivity contribution in [3.63, 3.8) is 0 Å². The lowest BCUT2D eigenvalue weighted by Gasteiger charge is -2.57. The van der Waals surface area contributed by atoms with Crippen LogP contribution < -0.4 is 0 Å². The Morgan fingerprint density at radius 2 is 1.87 bits per heavy atom. The molecule has 0 spiro atoms. The maximum Gasteiger partial charge on any atom is 0.0931 e. The Hall–Kier alpha value is -0.450. The maximum atomic E-state index is 10.6. The van der Waals surface area contributed by atoms with Crippen LogP contribution in [0.25, 0.3) is 0 Å². The zero-order valence-corrected chi connectivity index (χ0v) is 20.0. The van der Waals surface area contributed by atoms with Crippen LogP contribution in [0.5, 0.6) is 0 Å². The summed E-state index contributed by atoms with van der Waals surface area (Å²) in [7, 11) is 0. The van der Waals surface area contributed by atoms with E-state index in [4.69, 9.17) is 0 Å². The molecule has 0 radical (unpaired) electrons. The first-order chi connectivity index (χ1) is 14.3. The molecule has 1 aromatic heterocycles. The SMILES string of the molecule is C[C@@H](Cc1ncc(CO)s1)[C@H]1CC[C@H]2[C@@H]3CC[C@@H]4C[C@](C)(O)CC[C@@H]4[C@H]3CC[C@]12C. The highest BCUT2D eigenvalue weighted by Crippen LogP contribution is 2.65. The van der Waals surface area contributed by atoms with Crippen LogP contribution in [0.15, 0.2) is 6.20 Å². The van der Waals surface area contributed by atoms with E-state index in [1.807, 2.05) is 6.20 Å². The first-order valence-electron chi connectivity index (χ1n) is 12.6. The summed E-state index contributed by atoms with van der Waals surface area (Å²) in [4.78, 5) is 5.58. The number of aliphatic hydroxyl groups is 2. The predicted molar refractivity (Wildman–Crippen MR) is 122 cm³/mol. The van der Waals surface area contributed by atoms with E-state index in [1.54, 1.807) is 11.3 Å². The van der Waals surface area contributed by atoms with E-state index >= 15 is 0 Å². The maximum absolute atomic E-state index is 10.6.